The first kappa shape index (κ1) is 19.1. The van der Waals surface area contributed by atoms with Crippen molar-refractivity contribution in [3.8, 4) is 0 Å². The molecule has 0 spiro atoms. The van der Waals surface area contributed by atoms with Crippen LogP contribution in [0.3, 0.4) is 0 Å². The highest BCUT2D eigenvalue weighted by Gasteiger charge is 2.27. The molecule has 2 rings (SSSR count). The van der Waals surface area contributed by atoms with E-state index in [1.807, 2.05) is 0 Å². The van der Waals surface area contributed by atoms with Crippen LogP contribution in [0.5, 0.6) is 0 Å². The van der Waals surface area contributed by atoms with Crippen molar-refractivity contribution < 1.29 is 14.3 Å². The third-order valence-electron chi connectivity index (χ3n) is 5.02. The second-order valence-electron chi connectivity index (χ2n) is 7.20. The van der Waals surface area contributed by atoms with Crippen molar-refractivity contribution in [2.24, 2.45) is 11.7 Å². The molecule has 138 valence electrons. The monoisotopic (exact) mass is 340 g/mol. The van der Waals surface area contributed by atoms with Gasteiger partial charge >= 0.3 is 0 Å². The van der Waals surface area contributed by atoms with E-state index in [9.17, 15) is 9.59 Å². The Balaban J connectivity index is 1.68. The molecule has 1 aliphatic heterocycles. The summed E-state index contributed by atoms with van der Waals surface area (Å²) in [6.07, 6.45) is 4.66. The van der Waals surface area contributed by atoms with Crippen molar-refractivity contribution in [2.45, 2.75) is 44.7 Å². The predicted octanol–water partition coefficient (Wildman–Crippen LogP) is -0.201. The molecule has 3 unspecified atom stereocenters. The molecule has 3 N–H and O–H groups in total. The van der Waals surface area contributed by atoms with Gasteiger partial charge in [-0.25, -0.2) is 0 Å². The Morgan fingerprint density at radius 3 is 2.58 bits per heavy atom. The van der Waals surface area contributed by atoms with Gasteiger partial charge in [-0.2, -0.15) is 0 Å². The van der Waals surface area contributed by atoms with Crippen LogP contribution in [0.2, 0.25) is 0 Å². The van der Waals surface area contributed by atoms with Crippen molar-refractivity contribution in [1.29, 1.82) is 0 Å². The van der Waals surface area contributed by atoms with Crippen LogP contribution in [0, 0.1) is 5.92 Å². The van der Waals surface area contributed by atoms with Crippen molar-refractivity contribution >= 4 is 11.8 Å². The van der Waals surface area contributed by atoms with Crippen molar-refractivity contribution in [1.82, 2.24) is 15.1 Å². The highest BCUT2D eigenvalue weighted by Crippen LogP contribution is 2.23. The lowest BCUT2D eigenvalue weighted by molar-refractivity contribution is -0.135. The molecule has 1 saturated carbocycles. The zero-order valence-electron chi connectivity index (χ0n) is 15.0. The summed E-state index contributed by atoms with van der Waals surface area (Å²) in [7, 11) is 1.54. The quantitative estimate of drug-likeness (QED) is 0.699. The lowest BCUT2D eigenvalue weighted by Crippen LogP contribution is -2.55. The van der Waals surface area contributed by atoms with Gasteiger partial charge in [0.25, 0.3) is 0 Å². The van der Waals surface area contributed by atoms with Gasteiger partial charge in [-0.15, -0.1) is 0 Å². The number of carbonyl (C=O) groups excluding carboxylic acids is 2. The van der Waals surface area contributed by atoms with Crippen LogP contribution >= 0.6 is 0 Å². The highest BCUT2D eigenvalue weighted by molar-refractivity contribution is 5.82. The molecule has 7 nitrogen and oxygen atoms in total. The van der Waals surface area contributed by atoms with Crippen LogP contribution < -0.4 is 11.1 Å². The third kappa shape index (κ3) is 5.72. The van der Waals surface area contributed by atoms with Gasteiger partial charge in [-0.3, -0.25) is 14.5 Å². The van der Waals surface area contributed by atoms with Gasteiger partial charge in [0.1, 0.15) is 6.04 Å². The number of hydrogen-bond donors (Lipinski definition) is 2. The fourth-order valence-corrected chi connectivity index (χ4v) is 3.65. The SMILES string of the molecule is COCC(N)C(=O)N1CCN(CC(=O)NC2CCCC(C)C2)CC1. The van der Waals surface area contributed by atoms with E-state index in [1.165, 1.54) is 20.0 Å². The standard InChI is InChI=1S/C17H32N4O3/c1-13-4-3-5-14(10-13)19-16(22)11-20-6-8-21(9-7-20)17(23)15(18)12-24-2/h13-15H,3-12,18H2,1-2H3,(H,19,22). The maximum Gasteiger partial charge on any atom is 0.241 e. The summed E-state index contributed by atoms with van der Waals surface area (Å²) in [5.41, 5.74) is 5.80. The van der Waals surface area contributed by atoms with Crippen molar-refractivity contribution in [3.05, 3.63) is 0 Å². The zero-order chi connectivity index (χ0) is 17.5. The minimum absolute atomic E-state index is 0.0721. The van der Waals surface area contributed by atoms with E-state index in [0.717, 1.165) is 12.8 Å². The number of carbonyl (C=O) groups is 2. The summed E-state index contributed by atoms with van der Waals surface area (Å²) in [6.45, 7) is 5.55. The molecule has 1 heterocycles. The molecule has 0 aromatic rings. The smallest absolute Gasteiger partial charge is 0.241 e. The molecule has 1 aliphatic carbocycles. The predicted molar refractivity (Wildman–Crippen MR) is 92.4 cm³/mol. The number of nitrogens with one attached hydrogen (secondary N) is 1. The number of ether oxygens (including phenoxy) is 1. The number of methoxy groups -OCH3 is 1. The lowest BCUT2D eigenvalue weighted by Gasteiger charge is -2.36. The van der Waals surface area contributed by atoms with E-state index in [4.69, 9.17) is 10.5 Å². The molecular formula is C17H32N4O3. The Bertz CT molecular complexity index is 424. The largest absolute Gasteiger partial charge is 0.383 e. The summed E-state index contributed by atoms with van der Waals surface area (Å²) in [5, 5.41) is 3.17. The number of nitrogens with two attached hydrogens (primary N) is 1. The number of amides is 2. The van der Waals surface area contributed by atoms with E-state index in [0.29, 0.717) is 44.7 Å². The van der Waals surface area contributed by atoms with Gasteiger partial charge < -0.3 is 20.7 Å². The Morgan fingerprint density at radius 2 is 1.96 bits per heavy atom. The molecule has 2 amide bonds. The molecule has 2 fully saturated rings. The first-order valence-electron chi connectivity index (χ1n) is 9.04. The van der Waals surface area contributed by atoms with Gasteiger partial charge in [-0.05, 0) is 18.8 Å². The first-order chi connectivity index (χ1) is 11.5. The Kier molecular flexibility index (Phi) is 7.45. The second-order valence-corrected chi connectivity index (χ2v) is 7.20. The van der Waals surface area contributed by atoms with Crippen LogP contribution in [0.1, 0.15) is 32.6 Å². The van der Waals surface area contributed by atoms with Crippen LogP contribution in [-0.2, 0) is 14.3 Å². The van der Waals surface area contributed by atoms with Crippen molar-refractivity contribution in [2.75, 3.05) is 46.4 Å². The second kappa shape index (κ2) is 9.34. The van der Waals surface area contributed by atoms with Gasteiger partial charge in [0.15, 0.2) is 0 Å². The molecule has 0 bridgehead atoms. The van der Waals surface area contributed by atoms with Crippen LogP contribution in [-0.4, -0.2) is 80.1 Å². The Labute approximate surface area is 144 Å². The summed E-state index contributed by atoms with van der Waals surface area (Å²) in [4.78, 5) is 28.2. The minimum atomic E-state index is -0.599. The molecule has 7 heteroatoms. The fraction of sp³-hybridized carbons (Fsp3) is 0.882. The molecule has 2 aliphatic rings. The highest BCUT2D eigenvalue weighted by atomic mass is 16.5. The maximum absolute atomic E-state index is 12.2. The molecule has 0 aromatic heterocycles. The lowest BCUT2D eigenvalue weighted by atomic mass is 9.87. The Morgan fingerprint density at radius 1 is 1.25 bits per heavy atom. The first-order valence-corrected chi connectivity index (χ1v) is 9.04. The van der Waals surface area contributed by atoms with Crippen LogP contribution in [0.4, 0.5) is 0 Å². The van der Waals surface area contributed by atoms with E-state index in [2.05, 4.69) is 17.1 Å². The van der Waals surface area contributed by atoms with Gasteiger partial charge in [0.05, 0.1) is 13.2 Å². The van der Waals surface area contributed by atoms with Crippen LogP contribution in [0.15, 0.2) is 0 Å². The zero-order valence-corrected chi connectivity index (χ0v) is 15.0. The fourth-order valence-electron chi connectivity index (χ4n) is 3.65. The molecule has 0 aromatic carbocycles. The van der Waals surface area contributed by atoms with Gasteiger partial charge in [-0.1, -0.05) is 19.8 Å². The normalized spacial score (nSPS) is 26.9. The summed E-state index contributed by atoms with van der Waals surface area (Å²) >= 11 is 0. The molecule has 0 radical (unpaired) electrons. The number of piperazine rings is 1. The van der Waals surface area contributed by atoms with Gasteiger partial charge in [0.2, 0.25) is 11.8 Å². The molecule has 1 saturated heterocycles. The van der Waals surface area contributed by atoms with E-state index in [1.54, 1.807) is 4.90 Å². The number of nitrogens with zero attached hydrogens (tertiary/aromatic N) is 2. The number of hydrogen-bond acceptors (Lipinski definition) is 5. The summed E-state index contributed by atoms with van der Waals surface area (Å²) in [6, 6.07) is -0.269. The number of rotatable bonds is 6. The summed E-state index contributed by atoms with van der Waals surface area (Å²) in [5.74, 6) is 0.733. The van der Waals surface area contributed by atoms with Crippen LogP contribution in [0.25, 0.3) is 0 Å². The van der Waals surface area contributed by atoms with E-state index >= 15 is 0 Å². The molecular weight excluding hydrogens is 308 g/mol. The van der Waals surface area contributed by atoms with E-state index < -0.39 is 6.04 Å². The summed E-state index contributed by atoms with van der Waals surface area (Å²) < 4.78 is 4.93. The van der Waals surface area contributed by atoms with E-state index in [-0.39, 0.29) is 18.4 Å². The maximum atomic E-state index is 12.2. The topological polar surface area (TPSA) is 87.9 Å². The third-order valence-corrected chi connectivity index (χ3v) is 5.02. The minimum Gasteiger partial charge on any atom is -0.383 e. The van der Waals surface area contributed by atoms with Crippen molar-refractivity contribution in [3.63, 3.8) is 0 Å². The molecule has 3 atom stereocenters. The Hall–Kier alpha value is -1.18. The molecule has 24 heavy (non-hydrogen) atoms. The average molecular weight is 340 g/mol. The average Bonchev–Trinajstić information content (AvgIpc) is 2.55. The van der Waals surface area contributed by atoms with Gasteiger partial charge in [0, 0.05) is 39.3 Å².